The smallest absolute Gasteiger partial charge is 0.146 e. The average Bonchev–Trinajstić information content (AvgIpc) is 3.34. The van der Waals surface area contributed by atoms with Gasteiger partial charge in [0.15, 0.2) is 0 Å². The molecule has 1 aromatic carbocycles. The van der Waals surface area contributed by atoms with Crippen LogP contribution in [0.25, 0.3) is 0 Å². The van der Waals surface area contributed by atoms with Crippen molar-refractivity contribution >= 4 is 11.6 Å². The summed E-state index contributed by atoms with van der Waals surface area (Å²) in [6.45, 7) is 3.26. The minimum Gasteiger partial charge on any atom is -0.371 e. The second-order valence-electron chi connectivity index (χ2n) is 6.42. The molecule has 4 rings (SSSR count). The van der Waals surface area contributed by atoms with E-state index in [1.54, 1.807) is 0 Å². The molecule has 2 aliphatic rings. The van der Waals surface area contributed by atoms with E-state index >= 15 is 0 Å². The molecule has 0 bridgehead atoms. The molecular formula is C17H21ClN4O. The predicted molar refractivity (Wildman–Crippen MR) is 88.4 cm³/mol. The molecular weight excluding hydrogens is 312 g/mol. The molecule has 0 amide bonds. The highest BCUT2D eigenvalue weighted by Crippen LogP contribution is 2.39. The summed E-state index contributed by atoms with van der Waals surface area (Å²) in [5, 5.41) is 9.53. The van der Waals surface area contributed by atoms with E-state index in [0.717, 1.165) is 41.9 Å². The van der Waals surface area contributed by atoms with E-state index in [-0.39, 0.29) is 6.10 Å². The highest BCUT2D eigenvalue weighted by molar-refractivity contribution is 6.31. The van der Waals surface area contributed by atoms with Crippen molar-refractivity contribution < 1.29 is 4.74 Å². The number of rotatable bonds is 4. The summed E-state index contributed by atoms with van der Waals surface area (Å²) in [5.41, 5.74) is 1.07. The van der Waals surface area contributed by atoms with Gasteiger partial charge in [-0.05, 0) is 18.9 Å². The third kappa shape index (κ3) is 3.13. The first-order valence-electron chi connectivity index (χ1n) is 8.19. The molecule has 1 aliphatic heterocycles. The van der Waals surface area contributed by atoms with Crippen LogP contribution in [0.5, 0.6) is 0 Å². The Kier molecular flexibility index (Phi) is 4.09. The van der Waals surface area contributed by atoms with Gasteiger partial charge in [-0.2, -0.15) is 0 Å². The van der Waals surface area contributed by atoms with Gasteiger partial charge in [0.05, 0.1) is 19.3 Å². The standard InChI is InChI=1S/C17H21ClN4O/c1-21-16(19-20-17(21)12-6-7-12)11-22-8-9-23-15(10-22)13-4-2-3-5-14(13)18/h2-5,12,15H,6-11H2,1H3. The molecule has 2 aromatic rings. The molecule has 2 fully saturated rings. The Morgan fingerprint density at radius 2 is 2.09 bits per heavy atom. The van der Waals surface area contributed by atoms with Gasteiger partial charge in [0.25, 0.3) is 0 Å². The first-order valence-corrected chi connectivity index (χ1v) is 8.56. The van der Waals surface area contributed by atoms with Crippen LogP contribution in [-0.4, -0.2) is 39.4 Å². The fourth-order valence-corrected chi connectivity index (χ4v) is 3.44. The Morgan fingerprint density at radius 1 is 1.26 bits per heavy atom. The first-order chi connectivity index (χ1) is 11.2. The number of hydrogen-bond donors (Lipinski definition) is 0. The van der Waals surface area contributed by atoms with Crippen molar-refractivity contribution in [2.24, 2.45) is 7.05 Å². The summed E-state index contributed by atoms with van der Waals surface area (Å²) >= 11 is 6.31. The van der Waals surface area contributed by atoms with Crippen molar-refractivity contribution in [2.75, 3.05) is 19.7 Å². The van der Waals surface area contributed by atoms with Crippen LogP contribution < -0.4 is 0 Å². The van der Waals surface area contributed by atoms with Gasteiger partial charge >= 0.3 is 0 Å². The van der Waals surface area contributed by atoms with Crippen molar-refractivity contribution in [2.45, 2.75) is 31.4 Å². The van der Waals surface area contributed by atoms with E-state index < -0.39 is 0 Å². The van der Waals surface area contributed by atoms with Crippen LogP contribution >= 0.6 is 11.6 Å². The molecule has 0 radical (unpaired) electrons. The van der Waals surface area contributed by atoms with Gasteiger partial charge in [0.2, 0.25) is 0 Å². The quantitative estimate of drug-likeness (QED) is 0.863. The fourth-order valence-electron chi connectivity index (χ4n) is 3.18. The van der Waals surface area contributed by atoms with Crippen LogP contribution in [0.3, 0.4) is 0 Å². The predicted octanol–water partition coefficient (Wildman–Crippen LogP) is 2.92. The summed E-state index contributed by atoms with van der Waals surface area (Å²) in [6, 6.07) is 7.92. The lowest BCUT2D eigenvalue weighted by atomic mass is 10.1. The van der Waals surface area contributed by atoms with Gasteiger partial charge in [0, 0.05) is 36.6 Å². The highest BCUT2D eigenvalue weighted by atomic mass is 35.5. The molecule has 0 N–H and O–H groups in total. The lowest BCUT2D eigenvalue weighted by Crippen LogP contribution is -2.38. The summed E-state index contributed by atoms with van der Waals surface area (Å²) in [6.07, 6.45) is 2.52. The molecule has 1 unspecified atom stereocenters. The Labute approximate surface area is 141 Å². The topological polar surface area (TPSA) is 43.2 Å². The molecule has 1 aliphatic carbocycles. The van der Waals surface area contributed by atoms with Crippen LogP contribution in [0.2, 0.25) is 5.02 Å². The Morgan fingerprint density at radius 3 is 2.87 bits per heavy atom. The molecule has 1 aromatic heterocycles. The lowest BCUT2D eigenvalue weighted by Gasteiger charge is -2.33. The van der Waals surface area contributed by atoms with Gasteiger partial charge in [-0.3, -0.25) is 4.90 Å². The summed E-state index contributed by atoms with van der Waals surface area (Å²) in [5.74, 6) is 2.80. The number of nitrogens with zero attached hydrogens (tertiary/aromatic N) is 4. The largest absolute Gasteiger partial charge is 0.371 e. The SMILES string of the molecule is Cn1c(CN2CCOC(c3ccccc3Cl)C2)nnc1C1CC1. The monoisotopic (exact) mass is 332 g/mol. The number of halogens is 1. The van der Waals surface area contributed by atoms with Crippen molar-refractivity contribution in [3.63, 3.8) is 0 Å². The van der Waals surface area contributed by atoms with Crippen LogP contribution in [0, 0.1) is 0 Å². The summed E-state index contributed by atoms with van der Waals surface area (Å²) < 4.78 is 8.09. The van der Waals surface area contributed by atoms with Crippen LogP contribution in [0.4, 0.5) is 0 Å². The lowest BCUT2D eigenvalue weighted by molar-refractivity contribution is -0.0338. The highest BCUT2D eigenvalue weighted by Gasteiger charge is 2.30. The van der Waals surface area contributed by atoms with Gasteiger partial charge < -0.3 is 9.30 Å². The Bertz CT molecular complexity index is 698. The first kappa shape index (κ1) is 15.1. The second-order valence-corrected chi connectivity index (χ2v) is 6.83. The number of aromatic nitrogens is 3. The summed E-state index contributed by atoms with van der Waals surface area (Å²) in [7, 11) is 2.08. The Balaban J connectivity index is 1.46. The van der Waals surface area contributed by atoms with Gasteiger partial charge in [0.1, 0.15) is 11.6 Å². The Hall–Kier alpha value is -1.43. The summed E-state index contributed by atoms with van der Waals surface area (Å²) in [4.78, 5) is 2.37. The molecule has 122 valence electrons. The van der Waals surface area contributed by atoms with Crippen LogP contribution in [0.15, 0.2) is 24.3 Å². The molecule has 1 saturated carbocycles. The number of morpholine rings is 1. The van der Waals surface area contributed by atoms with Gasteiger partial charge in [-0.15, -0.1) is 10.2 Å². The maximum atomic E-state index is 6.31. The fraction of sp³-hybridized carbons (Fsp3) is 0.529. The van der Waals surface area contributed by atoms with Crippen LogP contribution in [-0.2, 0) is 18.3 Å². The maximum absolute atomic E-state index is 6.31. The minimum atomic E-state index is 0.0218. The molecule has 6 heteroatoms. The van der Waals surface area contributed by atoms with E-state index in [4.69, 9.17) is 16.3 Å². The van der Waals surface area contributed by atoms with E-state index in [2.05, 4.69) is 26.7 Å². The van der Waals surface area contributed by atoms with Crippen molar-refractivity contribution in [3.8, 4) is 0 Å². The zero-order valence-electron chi connectivity index (χ0n) is 13.3. The van der Waals surface area contributed by atoms with Gasteiger partial charge in [-0.1, -0.05) is 29.8 Å². The molecule has 23 heavy (non-hydrogen) atoms. The maximum Gasteiger partial charge on any atom is 0.146 e. The van der Waals surface area contributed by atoms with Crippen molar-refractivity contribution in [1.29, 1.82) is 0 Å². The average molecular weight is 333 g/mol. The van der Waals surface area contributed by atoms with Crippen molar-refractivity contribution in [3.05, 3.63) is 46.5 Å². The van der Waals surface area contributed by atoms with E-state index in [9.17, 15) is 0 Å². The van der Waals surface area contributed by atoms with E-state index in [1.807, 2.05) is 24.3 Å². The zero-order valence-corrected chi connectivity index (χ0v) is 14.0. The third-order valence-corrected chi connectivity index (χ3v) is 5.05. The molecule has 0 spiro atoms. The van der Waals surface area contributed by atoms with E-state index in [1.165, 1.54) is 12.8 Å². The second kappa shape index (κ2) is 6.23. The normalized spacial score (nSPS) is 22.4. The van der Waals surface area contributed by atoms with Gasteiger partial charge in [-0.25, -0.2) is 0 Å². The third-order valence-electron chi connectivity index (χ3n) is 4.71. The van der Waals surface area contributed by atoms with E-state index in [0.29, 0.717) is 12.5 Å². The van der Waals surface area contributed by atoms with Crippen molar-refractivity contribution in [1.82, 2.24) is 19.7 Å². The molecule has 1 atom stereocenters. The molecule has 5 nitrogen and oxygen atoms in total. The minimum absolute atomic E-state index is 0.0218. The molecule has 1 saturated heterocycles. The zero-order chi connectivity index (χ0) is 15.8. The van der Waals surface area contributed by atoms with Crippen LogP contribution in [0.1, 0.15) is 42.1 Å². The number of benzene rings is 1. The number of hydrogen-bond acceptors (Lipinski definition) is 4. The molecule has 2 heterocycles. The number of ether oxygens (including phenoxy) is 1.